The predicted molar refractivity (Wildman–Crippen MR) is 103 cm³/mol. The molecule has 0 N–H and O–H groups in total. The van der Waals surface area contributed by atoms with Crippen molar-refractivity contribution < 1.29 is 0 Å². The van der Waals surface area contributed by atoms with Crippen LogP contribution in [-0.4, -0.2) is 12.0 Å². The van der Waals surface area contributed by atoms with E-state index in [9.17, 15) is 0 Å². The first kappa shape index (κ1) is 16.4. The molecule has 2 aromatic carbocycles. The molecule has 1 heterocycles. The Balaban J connectivity index is 1.85. The predicted octanol–water partition coefficient (Wildman–Crippen LogP) is 6.22. The minimum absolute atomic E-state index is 0.820. The van der Waals surface area contributed by atoms with Crippen LogP contribution in [0, 0.1) is 13.8 Å². The number of aromatic nitrogens is 1. The topological polar surface area (TPSA) is 16.1 Å². The zero-order valence-electron chi connectivity index (χ0n) is 13.2. The smallest absolute Gasteiger partial charge is 0.123 e. The second-order valence-corrected chi connectivity index (χ2v) is 7.82. The van der Waals surface area contributed by atoms with Gasteiger partial charge in [-0.3, -0.25) is 0 Å². The van der Waals surface area contributed by atoms with Crippen molar-refractivity contribution >= 4 is 40.6 Å². The molecule has 0 bridgehead atoms. The Kier molecular flexibility index (Phi) is 4.95. The minimum Gasteiger partial charge on any atom is -0.315 e. The quantitative estimate of drug-likeness (QED) is 0.513. The zero-order chi connectivity index (χ0) is 16.4. The molecular formula is C18H17ClN2S2. The van der Waals surface area contributed by atoms with Crippen molar-refractivity contribution in [1.82, 2.24) is 4.98 Å². The molecule has 0 unspecified atom stereocenters. The van der Waals surface area contributed by atoms with Gasteiger partial charge in [-0.1, -0.05) is 23.7 Å². The molecule has 23 heavy (non-hydrogen) atoms. The van der Waals surface area contributed by atoms with Gasteiger partial charge < -0.3 is 4.31 Å². The third kappa shape index (κ3) is 3.71. The summed E-state index contributed by atoms with van der Waals surface area (Å²) < 4.78 is 2.17. The minimum atomic E-state index is 0.820. The average Bonchev–Trinajstić information content (AvgIpc) is 3.07. The first-order valence-electron chi connectivity index (χ1n) is 7.23. The molecule has 0 spiro atoms. The summed E-state index contributed by atoms with van der Waals surface area (Å²) in [6.07, 6.45) is 1.84. The molecule has 0 aliphatic heterocycles. The zero-order valence-corrected chi connectivity index (χ0v) is 15.6. The third-order valence-electron chi connectivity index (χ3n) is 3.58. The Labute approximate surface area is 150 Å². The van der Waals surface area contributed by atoms with Crippen molar-refractivity contribution in [2.75, 3.05) is 11.4 Å². The molecule has 0 aliphatic rings. The van der Waals surface area contributed by atoms with E-state index in [1.807, 2.05) is 24.6 Å². The van der Waals surface area contributed by atoms with Crippen molar-refractivity contribution in [2.24, 2.45) is 0 Å². The number of hydrogen-bond acceptors (Lipinski definition) is 4. The molecule has 118 valence electrons. The highest BCUT2D eigenvalue weighted by atomic mass is 35.5. The van der Waals surface area contributed by atoms with Crippen molar-refractivity contribution in [3.8, 4) is 10.6 Å². The summed E-state index contributed by atoms with van der Waals surface area (Å²) >= 11 is 9.55. The summed E-state index contributed by atoms with van der Waals surface area (Å²) in [6, 6.07) is 12.6. The highest BCUT2D eigenvalue weighted by Gasteiger charge is 2.10. The van der Waals surface area contributed by atoms with E-state index in [2.05, 4.69) is 53.6 Å². The van der Waals surface area contributed by atoms with Crippen LogP contribution in [0.3, 0.4) is 0 Å². The number of thiazole rings is 1. The van der Waals surface area contributed by atoms with E-state index < -0.39 is 0 Å². The monoisotopic (exact) mass is 360 g/mol. The van der Waals surface area contributed by atoms with E-state index in [1.54, 1.807) is 23.3 Å². The van der Waals surface area contributed by atoms with E-state index in [4.69, 9.17) is 11.6 Å². The summed E-state index contributed by atoms with van der Waals surface area (Å²) in [5.74, 6) is 0. The molecule has 0 radical (unpaired) electrons. The number of anilines is 1. The Hall–Kier alpha value is -1.49. The van der Waals surface area contributed by atoms with Gasteiger partial charge in [0, 0.05) is 39.8 Å². The number of nitrogens with zero attached hydrogens (tertiary/aromatic N) is 2. The Morgan fingerprint density at radius 2 is 1.96 bits per heavy atom. The van der Waals surface area contributed by atoms with Gasteiger partial charge in [-0.15, -0.1) is 11.3 Å². The van der Waals surface area contributed by atoms with Crippen LogP contribution in [0.25, 0.3) is 10.6 Å². The normalized spacial score (nSPS) is 10.8. The summed E-state index contributed by atoms with van der Waals surface area (Å²) in [5.41, 5.74) is 4.59. The van der Waals surface area contributed by atoms with Crippen LogP contribution in [0.1, 0.15) is 11.1 Å². The van der Waals surface area contributed by atoms with Gasteiger partial charge in [0.1, 0.15) is 5.01 Å². The van der Waals surface area contributed by atoms with E-state index in [-0.39, 0.29) is 0 Å². The molecule has 3 aromatic rings. The molecule has 5 heteroatoms. The van der Waals surface area contributed by atoms with Crippen LogP contribution >= 0.6 is 34.9 Å². The molecule has 0 atom stereocenters. The third-order valence-corrected chi connectivity index (χ3v) is 5.93. The van der Waals surface area contributed by atoms with Crippen molar-refractivity contribution in [1.29, 1.82) is 0 Å². The Morgan fingerprint density at radius 3 is 2.70 bits per heavy atom. The van der Waals surface area contributed by atoms with E-state index in [0.717, 1.165) is 26.8 Å². The second kappa shape index (κ2) is 6.95. The molecule has 2 nitrogen and oxygen atoms in total. The Bertz CT molecular complexity index is 816. The molecule has 0 aliphatic carbocycles. The summed E-state index contributed by atoms with van der Waals surface area (Å²) in [4.78, 5) is 5.60. The first-order valence-corrected chi connectivity index (χ1v) is 9.26. The summed E-state index contributed by atoms with van der Waals surface area (Å²) in [5, 5.41) is 3.87. The standard InChI is InChI=1S/C18H17ClN2S2/c1-12-10-17(13(2)9-16(12)19)23-21(3)15-6-4-5-14(11-15)18-20-7-8-22-18/h4-11H,1-3H3. The molecule has 0 amide bonds. The van der Waals surface area contributed by atoms with Gasteiger partial charge in [0.2, 0.25) is 0 Å². The fourth-order valence-electron chi connectivity index (χ4n) is 2.25. The maximum Gasteiger partial charge on any atom is 0.123 e. The van der Waals surface area contributed by atoms with Crippen LogP contribution in [0.4, 0.5) is 5.69 Å². The fraction of sp³-hybridized carbons (Fsp3) is 0.167. The molecular weight excluding hydrogens is 344 g/mol. The maximum absolute atomic E-state index is 6.19. The van der Waals surface area contributed by atoms with E-state index >= 15 is 0 Å². The highest BCUT2D eigenvalue weighted by Crippen LogP contribution is 2.34. The van der Waals surface area contributed by atoms with Crippen molar-refractivity contribution in [2.45, 2.75) is 18.7 Å². The van der Waals surface area contributed by atoms with Crippen LogP contribution in [-0.2, 0) is 0 Å². The van der Waals surface area contributed by atoms with Gasteiger partial charge in [-0.2, -0.15) is 0 Å². The molecule has 1 aromatic heterocycles. The molecule has 3 rings (SSSR count). The van der Waals surface area contributed by atoms with Gasteiger partial charge >= 0.3 is 0 Å². The maximum atomic E-state index is 6.19. The van der Waals surface area contributed by atoms with Gasteiger partial charge in [0.15, 0.2) is 0 Å². The summed E-state index contributed by atoms with van der Waals surface area (Å²) in [6.45, 7) is 4.13. The largest absolute Gasteiger partial charge is 0.315 e. The van der Waals surface area contributed by atoms with Crippen molar-refractivity contribution in [3.05, 3.63) is 64.1 Å². The van der Waals surface area contributed by atoms with E-state index in [0.29, 0.717) is 0 Å². The second-order valence-electron chi connectivity index (χ2n) is 5.34. The summed E-state index contributed by atoms with van der Waals surface area (Å²) in [7, 11) is 2.08. The Morgan fingerprint density at radius 1 is 1.13 bits per heavy atom. The number of halogens is 1. The fourth-order valence-corrected chi connectivity index (χ4v) is 4.05. The number of benzene rings is 2. The van der Waals surface area contributed by atoms with Crippen LogP contribution in [0.2, 0.25) is 5.02 Å². The van der Waals surface area contributed by atoms with E-state index in [1.165, 1.54) is 10.5 Å². The number of aryl methyl sites for hydroxylation is 2. The lowest BCUT2D eigenvalue weighted by Crippen LogP contribution is -2.06. The molecule has 0 saturated heterocycles. The lowest BCUT2D eigenvalue weighted by Gasteiger charge is -2.20. The van der Waals surface area contributed by atoms with Crippen LogP contribution in [0.5, 0.6) is 0 Å². The number of hydrogen-bond donors (Lipinski definition) is 0. The SMILES string of the molecule is Cc1cc(SN(C)c2cccc(-c3nccs3)c2)c(C)cc1Cl. The lowest BCUT2D eigenvalue weighted by molar-refractivity contribution is 1.24. The number of rotatable bonds is 4. The van der Waals surface area contributed by atoms with Gasteiger partial charge in [-0.25, -0.2) is 4.98 Å². The average molecular weight is 361 g/mol. The van der Waals surface area contributed by atoms with Crippen molar-refractivity contribution in [3.63, 3.8) is 0 Å². The van der Waals surface area contributed by atoms with Gasteiger partial charge in [0.25, 0.3) is 0 Å². The van der Waals surface area contributed by atoms with Gasteiger partial charge in [-0.05, 0) is 61.2 Å². The van der Waals surface area contributed by atoms with Crippen LogP contribution < -0.4 is 4.31 Å². The lowest BCUT2D eigenvalue weighted by atomic mass is 10.2. The molecule has 0 saturated carbocycles. The first-order chi connectivity index (χ1) is 11.0. The molecule has 0 fully saturated rings. The highest BCUT2D eigenvalue weighted by molar-refractivity contribution is 8.00. The van der Waals surface area contributed by atoms with Crippen LogP contribution in [0.15, 0.2) is 52.9 Å². The van der Waals surface area contributed by atoms with Gasteiger partial charge in [0.05, 0.1) is 0 Å².